The van der Waals surface area contributed by atoms with Gasteiger partial charge in [-0.2, -0.15) is 0 Å². The number of epoxide rings is 1. The standard InChI is InChI=1S/C17H17NO3/c1-12-4-2-3-5-16(12)13-6-8-14(9-7-13)17(19)18-21-11-15-10-20-15/h2-9,15H,10-11H2,1H3,(H,18,19). The van der Waals surface area contributed by atoms with Crippen molar-refractivity contribution < 1.29 is 14.4 Å². The predicted molar refractivity (Wildman–Crippen MR) is 79.8 cm³/mol. The molecule has 0 aliphatic carbocycles. The van der Waals surface area contributed by atoms with Gasteiger partial charge >= 0.3 is 0 Å². The summed E-state index contributed by atoms with van der Waals surface area (Å²) in [5, 5.41) is 0. The van der Waals surface area contributed by atoms with E-state index < -0.39 is 0 Å². The van der Waals surface area contributed by atoms with Crippen molar-refractivity contribution in [1.29, 1.82) is 0 Å². The number of benzene rings is 2. The van der Waals surface area contributed by atoms with E-state index >= 15 is 0 Å². The molecule has 1 N–H and O–H groups in total. The quantitative estimate of drug-likeness (QED) is 0.678. The molecule has 0 bridgehead atoms. The molecule has 1 unspecified atom stereocenters. The number of aryl methyl sites for hydroxylation is 1. The number of ether oxygens (including phenoxy) is 1. The van der Waals surface area contributed by atoms with Crippen molar-refractivity contribution >= 4 is 5.91 Å². The van der Waals surface area contributed by atoms with Crippen molar-refractivity contribution in [2.45, 2.75) is 13.0 Å². The molecule has 1 fully saturated rings. The van der Waals surface area contributed by atoms with Gasteiger partial charge < -0.3 is 4.74 Å². The van der Waals surface area contributed by atoms with E-state index in [9.17, 15) is 4.79 Å². The van der Waals surface area contributed by atoms with Crippen molar-refractivity contribution in [1.82, 2.24) is 5.48 Å². The van der Waals surface area contributed by atoms with Crippen molar-refractivity contribution in [2.24, 2.45) is 0 Å². The van der Waals surface area contributed by atoms with Crippen LogP contribution >= 0.6 is 0 Å². The molecule has 0 aromatic heterocycles. The van der Waals surface area contributed by atoms with Gasteiger partial charge in [-0.05, 0) is 35.7 Å². The van der Waals surface area contributed by atoms with Crippen LogP contribution in [0.25, 0.3) is 11.1 Å². The van der Waals surface area contributed by atoms with E-state index in [2.05, 4.69) is 24.5 Å². The monoisotopic (exact) mass is 283 g/mol. The van der Waals surface area contributed by atoms with Crippen molar-refractivity contribution in [3.05, 3.63) is 59.7 Å². The lowest BCUT2D eigenvalue weighted by atomic mass is 9.99. The second-order valence-electron chi connectivity index (χ2n) is 5.09. The molecule has 4 heteroatoms. The van der Waals surface area contributed by atoms with Crippen LogP contribution in [0.5, 0.6) is 0 Å². The number of carbonyl (C=O) groups is 1. The zero-order chi connectivity index (χ0) is 14.7. The van der Waals surface area contributed by atoms with Gasteiger partial charge in [-0.25, -0.2) is 5.48 Å². The summed E-state index contributed by atoms with van der Waals surface area (Å²) in [6.45, 7) is 3.18. The second kappa shape index (κ2) is 6.08. The first-order chi connectivity index (χ1) is 10.2. The van der Waals surface area contributed by atoms with Gasteiger partial charge in [0.15, 0.2) is 0 Å². The van der Waals surface area contributed by atoms with E-state index in [0.717, 1.165) is 5.56 Å². The lowest BCUT2D eigenvalue weighted by Gasteiger charge is -2.08. The molecule has 1 aliphatic rings. The second-order valence-corrected chi connectivity index (χ2v) is 5.09. The average Bonchev–Trinajstić information content (AvgIpc) is 3.32. The predicted octanol–water partition coefficient (Wildman–Crippen LogP) is 2.72. The molecule has 1 heterocycles. The molecule has 108 valence electrons. The summed E-state index contributed by atoms with van der Waals surface area (Å²) in [6, 6.07) is 15.7. The molecule has 4 nitrogen and oxygen atoms in total. The number of hydrogen-bond donors (Lipinski definition) is 1. The van der Waals surface area contributed by atoms with Crippen LogP contribution in [0.2, 0.25) is 0 Å². The number of nitrogens with one attached hydrogen (secondary N) is 1. The van der Waals surface area contributed by atoms with Gasteiger partial charge in [0.1, 0.15) is 12.7 Å². The number of hydroxylamine groups is 1. The first-order valence-electron chi connectivity index (χ1n) is 6.94. The smallest absolute Gasteiger partial charge is 0.274 e. The fraction of sp³-hybridized carbons (Fsp3) is 0.235. The number of rotatable bonds is 5. The van der Waals surface area contributed by atoms with E-state index in [1.165, 1.54) is 11.1 Å². The average molecular weight is 283 g/mol. The maximum absolute atomic E-state index is 11.9. The molecule has 1 saturated heterocycles. The summed E-state index contributed by atoms with van der Waals surface area (Å²) in [5.41, 5.74) is 6.47. The molecule has 3 rings (SSSR count). The highest BCUT2D eigenvalue weighted by Crippen LogP contribution is 2.23. The van der Waals surface area contributed by atoms with Crippen LogP contribution < -0.4 is 5.48 Å². The van der Waals surface area contributed by atoms with Crippen LogP contribution in [0.4, 0.5) is 0 Å². The van der Waals surface area contributed by atoms with Crippen LogP contribution in [0.15, 0.2) is 48.5 Å². The van der Waals surface area contributed by atoms with Crippen molar-refractivity contribution in [3.8, 4) is 11.1 Å². The zero-order valence-corrected chi connectivity index (χ0v) is 11.8. The Morgan fingerprint density at radius 3 is 2.62 bits per heavy atom. The van der Waals surface area contributed by atoms with Gasteiger partial charge in [0.05, 0.1) is 6.61 Å². The Hall–Kier alpha value is -2.17. The van der Waals surface area contributed by atoms with Crippen LogP contribution in [-0.4, -0.2) is 25.2 Å². The van der Waals surface area contributed by atoms with E-state index in [1.807, 2.05) is 24.3 Å². The molecule has 0 saturated carbocycles. The Morgan fingerprint density at radius 2 is 1.95 bits per heavy atom. The molecule has 1 aliphatic heterocycles. The van der Waals surface area contributed by atoms with Gasteiger partial charge in [-0.15, -0.1) is 0 Å². The van der Waals surface area contributed by atoms with Gasteiger partial charge in [-0.1, -0.05) is 36.4 Å². The maximum atomic E-state index is 11.9. The molecule has 1 amide bonds. The van der Waals surface area contributed by atoms with E-state index in [1.54, 1.807) is 12.1 Å². The maximum Gasteiger partial charge on any atom is 0.274 e. The van der Waals surface area contributed by atoms with Crippen molar-refractivity contribution in [3.63, 3.8) is 0 Å². The van der Waals surface area contributed by atoms with Gasteiger partial charge in [-0.3, -0.25) is 9.63 Å². The fourth-order valence-corrected chi connectivity index (χ4v) is 2.12. The Bertz CT molecular complexity index is 633. The Labute approximate surface area is 123 Å². The third-order valence-corrected chi connectivity index (χ3v) is 3.44. The molecule has 0 spiro atoms. The van der Waals surface area contributed by atoms with Gasteiger partial charge in [0.25, 0.3) is 5.91 Å². The molecular weight excluding hydrogens is 266 g/mol. The molecule has 2 aromatic carbocycles. The first kappa shape index (κ1) is 13.8. The number of amides is 1. The largest absolute Gasteiger partial charge is 0.371 e. The number of hydrogen-bond acceptors (Lipinski definition) is 3. The fourth-order valence-electron chi connectivity index (χ4n) is 2.12. The van der Waals surface area contributed by atoms with Crippen LogP contribution in [-0.2, 0) is 9.57 Å². The van der Waals surface area contributed by atoms with E-state index in [0.29, 0.717) is 18.8 Å². The zero-order valence-electron chi connectivity index (χ0n) is 11.8. The third kappa shape index (κ3) is 3.48. The van der Waals surface area contributed by atoms with Crippen LogP contribution in [0.3, 0.4) is 0 Å². The highest BCUT2D eigenvalue weighted by Gasteiger charge is 2.23. The lowest BCUT2D eigenvalue weighted by Crippen LogP contribution is -2.25. The molecule has 2 aromatic rings. The topological polar surface area (TPSA) is 50.9 Å². The summed E-state index contributed by atoms with van der Waals surface area (Å²) in [4.78, 5) is 17.0. The van der Waals surface area contributed by atoms with Gasteiger partial charge in [0, 0.05) is 5.56 Å². The molecule has 0 radical (unpaired) electrons. The third-order valence-electron chi connectivity index (χ3n) is 3.44. The minimum Gasteiger partial charge on any atom is -0.371 e. The van der Waals surface area contributed by atoms with Gasteiger partial charge in [0.2, 0.25) is 0 Å². The highest BCUT2D eigenvalue weighted by molar-refractivity contribution is 5.94. The normalized spacial score (nSPS) is 16.5. The Morgan fingerprint density at radius 1 is 1.24 bits per heavy atom. The summed E-state index contributed by atoms with van der Waals surface area (Å²) in [5.74, 6) is -0.244. The minimum atomic E-state index is -0.244. The van der Waals surface area contributed by atoms with Crippen LogP contribution in [0, 0.1) is 6.92 Å². The molecular formula is C17H17NO3. The SMILES string of the molecule is Cc1ccccc1-c1ccc(C(=O)NOCC2CO2)cc1. The van der Waals surface area contributed by atoms with E-state index in [-0.39, 0.29) is 12.0 Å². The lowest BCUT2D eigenvalue weighted by molar-refractivity contribution is 0.0254. The summed E-state index contributed by atoms with van der Waals surface area (Å²) >= 11 is 0. The highest BCUT2D eigenvalue weighted by atomic mass is 16.7. The van der Waals surface area contributed by atoms with Crippen molar-refractivity contribution in [2.75, 3.05) is 13.2 Å². The van der Waals surface area contributed by atoms with Crippen LogP contribution in [0.1, 0.15) is 15.9 Å². The van der Waals surface area contributed by atoms with E-state index in [4.69, 9.17) is 9.57 Å². The molecule has 21 heavy (non-hydrogen) atoms. The minimum absolute atomic E-state index is 0.133. The number of carbonyl (C=O) groups excluding carboxylic acids is 1. The Balaban J connectivity index is 1.65. The summed E-state index contributed by atoms with van der Waals surface area (Å²) in [6.07, 6.45) is 0.133. The first-order valence-corrected chi connectivity index (χ1v) is 6.94. The molecule has 1 atom stereocenters. The summed E-state index contributed by atoms with van der Waals surface area (Å²) < 4.78 is 5.00. The summed E-state index contributed by atoms with van der Waals surface area (Å²) in [7, 11) is 0. The Kier molecular flexibility index (Phi) is 3.99.